The molecule has 24 heavy (non-hydrogen) atoms. The smallest absolute Gasteiger partial charge is 0.270 e. The van der Waals surface area contributed by atoms with Gasteiger partial charge in [0.25, 0.3) is 11.5 Å². The first-order valence-electron chi connectivity index (χ1n) is 7.24. The lowest BCUT2D eigenvalue weighted by Gasteiger charge is -2.12. The Morgan fingerprint density at radius 3 is 2.75 bits per heavy atom. The Kier molecular flexibility index (Phi) is 4.35. The average Bonchev–Trinajstić information content (AvgIpc) is 2.60. The SMILES string of the molecule is O=C(NCC(O)c1ccc(F)cc1)c1cnc2ccccn2c1=O. The van der Waals surface area contributed by atoms with Crippen LogP contribution in [0.5, 0.6) is 0 Å². The van der Waals surface area contributed by atoms with E-state index in [-0.39, 0.29) is 12.1 Å². The van der Waals surface area contributed by atoms with Gasteiger partial charge in [-0.2, -0.15) is 0 Å². The number of hydrogen-bond acceptors (Lipinski definition) is 4. The van der Waals surface area contributed by atoms with Crippen molar-refractivity contribution in [1.82, 2.24) is 14.7 Å². The molecule has 0 aliphatic rings. The molecule has 0 fully saturated rings. The summed E-state index contributed by atoms with van der Waals surface area (Å²) in [5, 5.41) is 12.5. The first-order valence-corrected chi connectivity index (χ1v) is 7.24. The standard InChI is InChI=1S/C17H14FN3O3/c18-12-6-4-11(5-7-12)14(22)10-20-16(23)13-9-19-15-3-1-2-8-21(15)17(13)24/h1-9,14,22H,10H2,(H,20,23). The molecule has 122 valence electrons. The third kappa shape index (κ3) is 3.16. The fourth-order valence-corrected chi connectivity index (χ4v) is 2.27. The second-order valence-corrected chi connectivity index (χ2v) is 5.18. The van der Waals surface area contributed by atoms with Gasteiger partial charge in [-0.15, -0.1) is 0 Å². The molecule has 0 radical (unpaired) electrons. The normalized spacial score (nSPS) is 12.1. The van der Waals surface area contributed by atoms with Crippen LogP contribution in [0.3, 0.4) is 0 Å². The number of amides is 1. The zero-order valence-corrected chi connectivity index (χ0v) is 12.5. The topological polar surface area (TPSA) is 83.7 Å². The third-order valence-electron chi connectivity index (χ3n) is 3.57. The van der Waals surface area contributed by atoms with Crippen LogP contribution in [-0.2, 0) is 0 Å². The first kappa shape index (κ1) is 15.8. The lowest BCUT2D eigenvalue weighted by molar-refractivity contribution is 0.0914. The summed E-state index contributed by atoms with van der Waals surface area (Å²) in [7, 11) is 0. The molecule has 3 rings (SSSR count). The van der Waals surface area contributed by atoms with Crippen molar-refractivity contribution in [2.24, 2.45) is 0 Å². The Labute approximate surface area is 136 Å². The second kappa shape index (κ2) is 6.59. The minimum Gasteiger partial charge on any atom is -0.387 e. The van der Waals surface area contributed by atoms with Crippen molar-refractivity contribution in [3.8, 4) is 0 Å². The molecular weight excluding hydrogens is 313 g/mol. The van der Waals surface area contributed by atoms with Crippen LogP contribution in [0.15, 0.2) is 59.7 Å². The van der Waals surface area contributed by atoms with E-state index in [0.717, 1.165) is 0 Å². The van der Waals surface area contributed by atoms with Crippen LogP contribution < -0.4 is 10.9 Å². The number of carbonyl (C=O) groups excluding carboxylic acids is 1. The zero-order valence-electron chi connectivity index (χ0n) is 12.5. The zero-order chi connectivity index (χ0) is 17.1. The van der Waals surface area contributed by atoms with Gasteiger partial charge in [0.05, 0.1) is 6.10 Å². The molecule has 2 aromatic heterocycles. The van der Waals surface area contributed by atoms with Crippen molar-refractivity contribution >= 4 is 11.6 Å². The van der Waals surface area contributed by atoms with Gasteiger partial charge in [-0.05, 0) is 29.8 Å². The van der Waals surface area contributed by atoms with E-state index in [1.165, 1.54) is 41.1 Å². The Hall–Kier alpha value is -3.06. The van der Waals surface area contributed by atoms with Gasteiger partial charge >= 0.3 is 0 Å². The van der Waals surface area contributed by atoms with E-state index in [4.69, 9.17) is 0 Å². The van der Waals surface area contributed by atoms with E-state index in [1.807, 2.05) is 0 Å². The quantitative estimate of drug-likeness (QED) is 0.756. The fourth-order valence-electron chi connectivity index (χ4n) is 2.27. The van der Waals surface area contributed by atoms with Gasteiger partial charge < -0.3 is 10.4 Å². The largest absolute Gasteiger partial charge is 0.387 e. The van der Waals surface area contributed by atoms with E-state index in [9.17, 15) is 19.1 Å². The van der Waals surface area contributed by atoms with Crippen LogP contribution in [0.2, 0.25) is 0 Å². The molecule has 0 saturated carbocycles. The van der Waals surface area contributed by atoms with E-state index in [2.05, 4.69) is 10.3 Å². The van der Waals surface area contributed by atoms with Crippen LogP contribution in [0.1, 0.15) is 22.0 Å². The van der Waals surface area contributed by atoms with Crippen molar-refractivity contribution in [3.63, 3.8) is 0 Å². The maximum Gasteiger partial charge on any atom is 0.270 e. The number of nitrogens with zero attached hydrogens (tertiary/aromatic N) is 2. The number of aliphatic hydroxyl groups excluding tert-OH is 1. The molecule has 1 unspecified atom stereocenters. The molecule has 2 heterocycles. The fraction of sp³-hybridized carbons (Fsp3) is 0.118. The molecule has 2 N–H and O–H groups in total. The molecular formula is C17H14FN3O3. The van der Waals surface area contributed by atoms with Crippen LogP contribution in [0, 0.1) is 5.82 Å². The number of hydrogen-bond donors (Lipinski definition) is 2. The summed E-state index contributed by atoms with van der Waals surface area (Å²) in [6, 6.07) is 10.4. The van der Waals surface area contributed by atoms with Gasteiger partial charge in [-0.1, -0.05) is 18.2 Å². The van der Waals surface area contributed by atoms with E-state index >= 15 is 0 Å². The predicted octanol–water partition coefficient (Wildman–Crippen LogP) is 1.30. The highest BCUT2D eigenvalue weighted by Crippen LogP contribution is 2.12. The Bertz CT molecular complexity index is 938. The van der Waals surface area contributed by atoms with E-state index < -0.39 is 23.4 Å². The summed E-state index contributed by atoms with van der Waals surface area (Å²) in [4.78, 5) is 28.5. The van der Waals surface area contributed by atoms with Crippen molar-refractivity contribution in [2.75, 3.05) is 6.54 Å². The number of fused-ring (bicyclic) bond motifs is 1. The number of pyridine rings is 1. The van der Waals surface area contributed by atoms with Gasteiger partial charge in [-0.3, -0.25) is 14.0 Å². The highest BCUT2D eigenvalue weighted by molar-refractivity contribution is 5.93. The van der Waals surface area contributed by atoms with Crippen LogP contribution in [0.4, 0.5) is 4.39 Å². The summed E-state index contributed by atoms with van der Waals surface area (Å²) in [5.74, 6) is -1.04. The Morgan fingerprint density at radius 1 is 1.25 bits per heavy atom. The molecule has 0 saturated heterocycles. The van der Waals surface area contributed by atoms with Crippen LogP contribution in [-0.4, -0.2) is 26.9 Å². The number of halogens is 1. The highest BCUT2D eigenvalue weighted by Gasteiger charge is 2.15. The van der Waals surface area contributed by atoms with E-state index in [1.54, 1.807) is 18.2 Å². The van der Waals surface area contributed by atoms with Crippen molar-refractivity contribution in [3.05, 3.63) is 82.2 Å². The number of aromatic nitrogens is 2. The number of benzene rings is 1. The van der Waals surface area contributed by atoms with Crippen LogP contribution in [0.25, 0.3) is 5.65 Å². The maximum atomic E-state index is 12.9. The van der Waals surface area contributed by atoms with Crippen LogP contribution >= 0.6 is 0 Å². The molecule has 0 aliphatic heterocycles. The first-order chi connectivity index (χ1) is 11.6. The predicted molar refractivity (Wildman–Crippen MR) is 85.2 cm³/mol. The number of rotatable bonds is 4. The molecule has 6 nitrogen and oxygen atoms in total. The van der Waals surface area contributed by atoms with Gasteiger partial charge in [0.2, 0.25) is 0 Å². The summed E-state index contributed by atoms with van der Waals surface area (Å²) in [6.45, 7) is -0.110. The van der Waals surface area contributed by atoms with E-state index in [0.29, 0.717) is 11.2 Å². The molecule has 3 aromatic rings. The minimum atomic E-state index is -1.01. The summed E-state index contributed by atoms with van der Waals surface area (Å²) in [6.07, 6.45) is 1.72. The average molecular weight is 327 g/mol. The van der Waals surface area contributed by atoms with Gasteiger partial charge in [0, 0.05) is 18.9 Å². The summed E-state index contributed by atoms with van der Waals surface area (Å²) < 4.78 is 14.1. The molecule has 7 heteroatoms. The van der Waals surface area contributed by atoms with Gasteiger partial charge in [0.15, 0.2) is 0 Å². The summed E-state index contributed by atoms with van der Waals surface area (Å²) in [5.41, 5.74) is 0.287. The third-order valence-corrected chi connectivity index (χ3v) is 3.57. The Morgan fingerprint density at radius 2 is 2.00 bits per heavy atom. The molecule has 0 bridgehead atoms. The lowest BCUT2D eigenvalue weighted by Crippen LogP contribution is -2.34. The number of aliphatic hydroxyl groups is 1. The minimum absolute atomic E-state index is 0.110. The number of carbonyl (C=O) groups is 1. The molecule has 1 atom stereocenters. The molecule has 1 amide bonds. The monoisotopic (exact) mass is 327 g/mol. The van der Waals surface area contributed by atoms with Crippen molar-refractivity contribution in [1.29, 1.82) is 0 Å². The van der Waals surface area contributed by atoms with Gasteiger partial charge in [0.1, 0.15) is 17.0 Å². The highest BCUT2D eigenvalue weighted by atomic mass is 19.1. The van der Waals surface area contributed by atoms with Crippen molar-refractivity contribution in [2.45, 2.75) is 6.10 Å². The maximum absolute atomic E-state index is 12.9. The lowest BCUT2D eigenvalue weighted by atomic mass is 10.1. The Balaban J connectivity index is 1.74. The molecule has 0 aliphatic carbocycles. The molecule has 1 aromatic carbocycles. The number of nitrogens with one attached hydrogen (secondary N) is 1. The summed E-state index contributed by atoms with van der Waals surface area (Å²) >= 11 is 0. The van der Waals surface area contributed by atoms with Crippen molar-refractivity contribution < 1.29 is 14.3 Å². The molecule has 0 spiro atoms. The van der Waals surface area contributed by atoms with Gasteiger partial charge in [-0.25, -0.2) is 9.37 Å². The second-order valence-electron chi connectivity index (χ2n) is 5.18.